The highest BCUT2D eigenvalue weighted by Gasteiger charge is 2.19. The minimum absolute atomic E-state index is 0.270. The summed E-state index contributed by atoms with van der Waals surface area (Å²) in [6.45, 7) is 5.24. The fourth-order valence-corrected chi connectivity index (χ4v) is 1.75. The Balaban J connectivity index is 3.07. The minimum atomic E-state index is -1.03. The van der Waals surface area contributed by atoms with Gasteiger partial charge in [-0.25, -0.2) is 0 Å². The molecule has 1 aromatic carbocycles. The molecule has 102 valence electrons. The van der Waals surface area contributed by atoms with E-state index in [1.165, 1.54) is 4.90 Å². The molecule has 1 N–H and O–H groups in total. The van der Waals surface area contributed by atoms with Crippen molar-refractivity contribution in [3.63, 3.8) is 0 Å². The molecule has 0 aliphatic carbocycles. The van der Waals surface area contributed by atoms with Crippen molar-refractivity contribution in [1.29, 1.82) is 0 Å². The summed E-state index contributed by atoms with van der Waals surface area (Å²) in [4.78, 5) is 24.5. The molecule has 0 saturated carbocycles. The van der Waals surface area contributed by atoms with Crippen LogP contribution in [0.15, 0.2) is 35.9 Å². The Labute approximate surface area is 113 Å². The molecular formula is C15H19NO3. The van der Waals surface area contributed by atoms with E-state index in [-0.39, 0.29) is 12.5 Å². The van der Waals surface area contributed by atoms with Gasteiger partial charge in [-0.2, -0.15) is 0 Å². The zero-order valence-electron chi connectivity index (χ0n) is 11.5. The van der Waals surface area contributed by atoms with Crippen LogP contribution >= 0.6 is 0 Å². The number of carbonyl (C=O) groups excluding carboxylic acids is 1. The molecule has 0 aliphatic heterocycles. The van der Waals surface area contributed by atoms with Crippen LogP contribution in [-0.4, -0.2) is 23.5 Å². The van der Waals surface area contributed by atoms with Crippen molar-refractivity contribution in [2.45, 2.75) is 27.2 Å². The molecule has 0 atom stereocenters. The number of allylic oxidation sites excluding steroid dienone is 1. The van der Waals surface area contributed by atoms with E-state index >= 15 is 0 Å². The smallest absolute Gasteiger partial charge is 0.323 e. The van der Waals surface area contributed by atoms with Crippen LogP contribution in [0.25, 0.3) is 0 Å². The standard InChI is InChI=1S/C15H19NO3/c1-4-5-12(3)15(19)16(10-14(17)18)13-8-6-11(2)7-9-13/h5-9H,4,10H2,1-3H3,(H,17,18)/b12-5+. The van der Waals surface area contributed by atoms with Crippen molar-refractivity contribution in [3.05, 3.63) is 41.5 Å². The second-order valence-electron chi connectivity index (χ2n) is 4.42. The molecule has 0 fully saturated rings. The summed E-state index contributed by atoms with van der Waals surface area (Å²) in [7, 11) is 0. The Morgan fingerprint density at radius 3 is 2.32 bits per heavy atom. The van der Waals surface area contributed by atoms with Crippen LogP contribution in [0, 0.1) is 6.92 Å². The van der Waals surface area contributed by atoms with Gasteiger partial charge in [0.25, 0.3) is 5.91 Å². The number of hydrogen-bond acceptors (Lipinski definition) is 2. The lowest BCUT2D eigenvalue weighted by molar-refractivity contribution is -0.136. The van der Waals surface area contributed by atoms with Crippen molar-refractivity contribution in [3.8, 4) is 0 Å². The molecule has 1 amide bonds. The lowest BCUT2D eigenvalue weighted by atomic mass is 10.1. The van der Waals surface area contributed by atoms with E-state index in [2.05, 4.69) is 0 Å². The number of carboxylic acids is 1. The normalized spacial score (nSPS) is 11.2. The summed E-state index contributed by atoms with van der Waals surface area (Å²) in [5, 5.41) is 8.95. The first-order chi connectivity index (χ1) is 8.95. The summed E-state index contributed by atoms with van der Waals surface area (Å²) in [5.74, 6) is -1.30. The maximum absolute atomic E-state index is 12.2. The van der Waals surface area contributed by atoms with Crippen LogP contribution in [0.4, 0.5) is 5.69 Å². The van der Waals surface area contributed by atoms with E-state index in [4.69, 9.17) is 5.11 Å². The van der Waals surface area contributed by atoms with Crippen LogP contribution in [0.2, 0.25) is 0 Å². The van der Waals surface area contributed by atoms with Crippen molar-refractivity contribution in [1.82, 2.24) is 0 Å². The first-order valence-electron chi connectivity index (χ1n) is 6.22. The largest absolute Gasteiger partial charge is 0.480 e. The Hall–Kier alpha value is -2.10. The summed E-state index contributed by atoms with van der Waals surface area (Å²) < 4.78 is 0. The number of aryl methyl sites for hydroxylation is 1. The zero-order chi connectivity index (χ0) is 14.4. The van der Waals surface area contributed by atoms with Gasteiger partial charge < -0.3 is 5.11 Å². The zero-order valence-corrected chi connectivity index (χ0v) is 11.5. The van der Waals surface area contributed by atoms with E-state index in [0.29, 0.717) is 11.3 Å². The molecule has 19 heavy (non-hydrogen) atoms. The molecule has 4 heteroatoms. The molecule has 1 aromatic rings. The number of nitrogens with zero attached hydrogens (tertiary/aromatic N) is 1. The van der Waals surface area contributed by atoms with Gasteiger partial charge in [-0.1, -0.05) is 30.7 Å². The average molecular weight is 261 g/mol. The molecule has 0 spiro atoms. The summed E-state index contributed by atoms with van der Waals surface area (Å²) in [6, 6.07) is 7.23. The number of benzene rings is 1. The lowest BCUT2D eigenvalue weighted by Crippen LogP contribution is -2.36. The quantitative estimate of drug-likeness (QED) is 0.829. The molecule has 0 heterocycles. The van der Waals surface area contributed by atoms with Gasteiger partial charge in [0.05, 0.1) is 0 Å². The van der Waals surface area contributed by atoms with Gasteiger partial charge in [-0.3, -0.25) is 14.5 Å². The van der Waals surface area contributed by atoms with E-state index in [1.807, 2.05) is 26.0 Å². The van der Waals surface area contributed by atoms with Gasteiger partial charge in [0.2, 0.25) is 0 Å². The van der Waals surface area contributed by atoms with E-state index < -0.39 is 5.97 Å². The van der Waals surface area contributed by atoms with Gasteiger partial charge >= 0.3 is 5.97 Å². The molecule has 0 unspecified atom stereocenters. The van der Waals surface area contributed by atoms with Gasteiger partial charge in [0, 0.05) is 11.3 Å². The highest BCUT2D eigenvalue weighted by atomic mass is 16.4. The van der Waals surface area contributed by atoms with E-state index in [9.17, 15) is 9.59 Å². The Bertz CT molecular complexity index is 489. The lowest BCUT2D eigenvalue weighted by Gasteiger charge is -2.21. The molecule has 0 saturated heterocycles. The predicted molar refractivity (Wildman–Crippen MR) is 75.2 cm³/mol. The summed E-state index contributed by atoms with van der Waals surface area (Å²) in [5.41, 5.74) is 2.22. The minimum Gasteiger partial charge on any atom is -0.480 e. The van der Waals surface area contributed by atoms with Crippen LogP contribution in [0.5, 0.6) is 0 Å². The first kappa shape index (κ1) is 15.0. The van der Waals surface area contributed by atoms with Gasteiger partial charge in [-0.05, 0) is 32.4 Å². The van der Waals surface area contributed by atoms with Crippen molar-refractivity contribution >= 4 is 17.6 Å². The summed E-state index contributed by atoms with van der Waals surface area (Å²) >= 11 is 0. The Morgan fingerprint density at radius 1 is 1.26 bits per heavy atom. The number of rotatable bonds is 5. The number of aliphatic carboxylic acids is 1. The van der Waals surface area contributed by atoms with Crippen molar-refractivity contribution < 1.29 is 14.7 Å². The van der Waals surface area contributed by atoms with E-state index in [0.717, 1.165) is 12.0 Å². The molecule has 0 aromatic heterocycles. The number of hydrogen-bond donors (Lipinski definition) is 1. The van der Waals surface area contributed by atoms with Crippen molar-refractivity contribution in [2.75, 3.05) is 11.4 Å². The highest BCUT2D eigenvalue weighted by Crippen LogP contribution is 2.17. The fraction of sp³-hybridized carbons (Fsp3) is 0.333. The third kappa shape index (κ3) is 4.25. The topological polar surface area (TPSA) is 57.6 Å². The monoisotopic (exact) mass is 261 g/mol. The number of amides is 1. The second-order valence-corrected chi connectivity index (χ2v) is 4.42. The number of carbonyl (C=O) groups is 2. The molecule has 4 nitrogen and oxygen atoms in total. The molecule has 0 bridgehead atoms. The molecular weight excluding hydrogens is 242 g/mol. The third-order valence-electron chi connectivity index (χ3n) is 2.73. The van der Waals surface area contributed by atoms with Gasteiger partial charge in [0.15, 0.2) is 0 Å². The van der Waals surface area contributed by atoms with Gasteiger partial charge in [-0.15, -0.1) is 0 Å². The third-order valence-corrected chi connectivity index (χ3v) is 2.73. The molecule has 0 radical (unpaired) electrons. The van der Waals surface area contributed by atoms with Crippen LogP contribution in [-0.2, 0) is 9.59 Å². The fourth-order valence-electron chi connectivity index (χ4n) is 1.75. The maximum Gasteiger partial charge on any atom is 0.323 e. The predicted octanol–water partition coefficient (Wildman–Crippen LogP) is 2.77. The average Bonchev–Trinajstić information content (AvgIpc) is 2.36. The van der Waals surface area contributed by atoms with Crippen LogP contribution in [0.1, 0.15) is 25.8 Å². The van der Waals surface area contributed by atoms with E-state index in [1.54, 1.807) is 25.1 Å². The van der Waals surface area contributed by atoms with Crippen LogP contribution < -0.4 is 4.90 Å². The van der Waals surface area contributed by atoms with Crippen molar-refractivity contribution in [2.24, 2.45) is 0 Å². The SMILES string of the molecule is CC/C=C(\C)C(=O)N(CC(=O)O)c1ccc(C)cc1. The summed E-state index contributed by atoms with van der Waals surface area (Å²) in [6.07, 6.45) is 2.54. The second kappa shape index (κ2) is 6.73. The first-order valence-corrected chi connectivity index (χ1v) is 6.22. The molecule has 1 rings (SSSR count). The Morgan fingerprint density at radius 2 is 1.84 bits per heavy atom. The number of anilines is 1. The maximum atomic E-state index is 12.2. The van der Waals surface area contributed by atoms with Gasteiger partial charge in [0.1, 0.15) is 6.54 Å². The highest BCUT2D eigenvalue weighted by molar-refractivity contribution is 6.07. The number of carboxylic acid groups (broad SMARTS) is 1. The Kier molecular flexibility index (Phi) is 5.30. The molecule has 0 aliphatic rings. The van der Waals surface area contributed by atoms with Crippen LogP contribution in [0.3, 0.4) is 0 Å².